The topological polar surface area (TPSA) is 111 Å². The van der Waals surface area contributed by atoms with Crippen molar-refractivity contribution >= 4 is 27.6 Å². The number of benzene rings is 1. The van der Waals surface area contributed by atoms with E-state index in [2.05, 4.69) is 20.2 Å². The number of aliphatic hydroxyl groups excluding tert-OH is 1. The monoisotopic (exact) mass is 669 g/mol. The number of carbonyl (C=O) groups is 1. The Morgan fingerprint density at radius 2 is 1.85 bits per heavy atom. The van der Waals surface area contributed by atoms with Crippen molar-refractivity contribution < 1.29 is 27.5 Å². The van der Waals surface area contributed by atoms with Crippen LogP contribution in [0.15, 0.2) is 47.4 Å². The second-order valence-corrected chi connectivity index (χ2v) is 14.1. The van der Waals surface area contributed by atoms with Crippen LogP contribution in [0.4, 0.5) is 17.6 Å². The largest absolute Gasteiger partial charge is 0.394 e. The number of H-pyrrole nitrogens is 1. The van der Waals surface area contributed by atoms with Gasteiger partial charge in [0.05, 0.1) is 17.6 Å². The number of fused-ring (bicyclic) bond motifs is 2. The van der Waals surface area contributed by atoms with Gasteiger partial charge in [0.1, 0.15) is 10.3 Å². The second kappa shape index (κ2) is 12.4. The van der Waals surface area contributed by atoms with E-state index in [4.69, 9.17) is 4.98 Å². The summed E-state index contributed by atoms with van der Waals surface area (Å²) < 4.78 is 55.4. The summed E-state index contributed by atoms with van der Waals surface area (Å²) in [7, 11) is 0. The van der Waals surface area contributed by atoms with Gasteiger partial charge in [-0.1, -0.05) is 35.6 Å². The van der Waals surface area contributed by atoms with Crippen molar-refractivity contribution in [2.24, 2.45) is 11.3 Å². The number of halogens is 4. The van der Waals surface area contributed by atoms with Crippen molar-refractivity contribution in [3.8, 4) is 11.1 Å². The van der Waals surface area contributed by atoms with Crippen LogP contribution in [0.3, 0.4) is 0 Å². The van der Waals surface area contributed by atoms with Crippen molar-refractivity contribution in [2.45, 2.75) is 69.7 Å². The Morgan fingerprint density at radius 3 is 2.53 bits per heavy atom. The van der Waals surface area contributed by atoms with Gasteiger partial charge in [-0.2, -0.15) is 13.2 Å². The molecule has 47 heavy (non-hydrogen) atoms. The van der Waals surface area contributed by atoms with E-state index in [1.54, 1.807) is 0 Å². The molecule has 2 fully saturated rings. The number of aliphatic hydroxyl groups is 1. The summed E-state index contributed by atoms with van der Waals surface area (Å²) in [5, 5.41) is 13.3. The number of alkyl halides is 3. The first-order chi connectivity index (χ1) is 22.5. The van der Waals surface area contributed by atoms with Crippen LogP contribution in [-0.2, 0) is 12.8 Å². The molecule has 3 N–H and O–H groups in total. The lowest BCUT2D eigenvalue weighted by atomic mass is 9.76. The summed E-state index contributed by atoms with van der Waals surface area (Å²) >= 11 is 1.17. The third-order valence-corrected chi connectivity index (χ3v) is 11.1. The van der Waals surface area contributed by atoms with E-state index < -0.39 is 28.9 Å². The van der Waals surface area contributed by atoms with Gasteiger partial charge in [0, 0.05) is 37.1 Å². The predicted molar refractivity (Wildman–Crippen MR) is 170 cm³/mol. The van der Waals surface area contributed by atoms with E-state index in [9.17, 15) is 32.3 Å². The third kappa shape index (κ3) is 6.44. The molecule has 248 valence electrons. The minimum Gasteiger partial charge on any atom is -0.393 e. The van der Waals surface area contributed by atoms with Crippen molar-refractivity contribution in [2.75, 3.05) is 19.6 Å². The van der Waals surface area contributed by atoms with Crippen molar-refractivity contribution in [3.05, 3.63) is 80.6 Å². The molecule has 4 heterocycles. The molecule has 8 nitrogen and oxygen atoms in total. The van der Waals surface area contributed by atoms with Crippen LogP contribution in [-0.4, -0.2) is 62.8 Å². The van der Waals surface area contributed by atoms with E-state index in [0.29, 0.717) is 66.5 Å². The first-order valence-corrected chi connectivity index (χ1v) is 16.9. The second-order valence-electron chi connectivity index (χ2n) is 13.1. The molecule has 1 saturated carbocycles. The van der Waals surface area contributed by atoms with Crippen LogP contribution in [0.25, 0.3) is 21.5 Å². The Hall–Kier alpha value is -3.68. The minimum absolute atomic E-state index is 0.183. The summed E-state index contributed by atoms with van der Waals surface area (Å²) in [4.78, 5) is 39.6. The van der Waals surface area contributed by atoms with Gasteiger partial charge in [0.2, 0.25) is 0 Å². The molecular formula is C34H35F4N5O3S. The van der Waals surface area contributed by atoms with Gasteiger partial charge in [0.25, 0.3) is 11.5 Å². The number of amides is 1. The smallest absolute Gasteiger partial charge is 0.393 e. The molecule has 3 aliphatic rings. The fraction of sp³-hybridized carbons (Fsp3) is 0.471. The molecule has 1 amide bonds. The van der Waals surface area contributed by atoms with E-state index in [-0.39, 0.29) is 35.9 Å². The molecule has 4 aromatic rings. The lowest BCUT2D eigenvalue weighted by molar-refractivity contribution is -0.204. The highest BCUT2D eigenvalue weighted by Gasteiger charge is 2.66. The summed E-state index contributed by atoms with van der Waals surface area (Å²) in [6, 6.07) is 9.94. The molecule has 13 heteroatoms. The maximum Gasteiger partial charge on any atom is 0.394 e. The normalized spacial score (nSPS) is 20.6. The van der Waals surface area contributed by atoms with Gasteiger partial charge in [-0.3, -0.25) is 9.59 Å². The molecule has 2 atom stereocenters. The van der Waals surface area contributed by atoms with E-state index in [1.165, 1.54) is 23.6 Å². The standard InChI is InChI=1S/C34H35F4N5O3S/c35-25-16-22(18-39-29(25)45)19-1-3-20(4-2-19)27(9-14-43-12-7-24(44)8-13-43)40-30(46)32-42-28-17-21-15-23(33(10-11-33)34(36,37)38)5-6-26(21)41-31(28)47-32/h1-4,16-18,23-24,27,44H,5-15H2,(H,39,45)(H,40,46)/t23?,27-/m1/s1. The molecular weight excluding hydrogens is 634 g/mol. The van der Waals surface area contributed by atoms with Crippen LogP contribution < -0.4 is 10.9 Å². The Labute approximate surface area is 272 Å². The average Bonchev–Trinajstić information content (AvgIpc) is 3.78. The van der Waals surface area contributed by atoms with E-state index in [0.717, 1.165) is 29.9 Å². The maximum absolute atomic E-state index is 13.9. The number of rotatable bonds is 8. The van der Waals surface area contributed by atoms with E-state index in [1.807, 2.05) is 30.3 Å². The van der Waals surface area contributed by atoms with Crippen molar-refractivity contribution in [3.63, 3.8) is 0 Å². The molecule has 2 aliphatic carbocycles. The number of carbonyl (C=O) groups excluding carboxylic acids is 1. The van der Waals surface area contributed by atoms with Gasteiger partial charge in [-0.05, 0) is 86.1 Å². The van der Waals surface area contributed by atoms with Crippen LogP contribution in [0, 0.1) is 17.2 Å². The highest BCUT2D eigenvalue weighted by atomic mass is 32.1. The molecule has 1 aromatic carbocycles. The molecule has 1 aliphatic heterocycles. The number of nitrogens with one attached hydrogen (secondary N) is 2. The van der Waals surface area contributed by atoms with Gasteiger partial charge in [0.15, 0.2) is 10.8 Å². The van der Waals surface area contributed by atoms with Crippen LogP contribution in [0.1, 0.15) is 71.2 Å². The zero-order valence-corrected chi connectivity index (χ0v) is 26.4. The number of aromatic nitrogens is 3. The molecule has 7 rings (SSSR count). The summed E-state index contributed by atoms with van der Waals surface area (Å²) in [5.41, 5.74) is 1.77. The quantitative estimate of drug-likeness (QED) is 0.200. The minimum atomic E-state index is -4.20. The van der Waals surface area contributed by atoms with Gasteiger partial charge < -0.3 is 20.3 Å². The Bertz CT molecular complexity index is 1850. The first-order valence-electron chi connectivity index (χ1n) is 16.0. The van der Waals surface area contributed by atoms with E-state index >= 15 is 0 Å². The lowest BCUT2D eigenvalue weighted by Gasteiger charge is -2.32. The number of thiazole rings is 1. The van der Waals surface area contributed by atoms with Crippen LogP contribution >= 0.6 is 11.3 Å². The Morgan fingerprint density at radius 1 is 1.11 bits per heavy atom. The predicted octanol–water partition coefficient (Wildman–Crippen LogP) is 5.95. The summed E-state index contributed by atoms with van der Waals surface area (Å²) in [6.45, 7) is 2.22. The Balaban J connectivity index is 1.10. The SMILES string of the molecule is O=C(N[C@H](CCN1CCC(O)CC1)c1ccc(-c2c[nH]c(=O)c(F)c2)cc1)c1nc2cc3c(nc2s1)CCC(C1(C(F)(F)F)CC1)C3. The molecule has 0 radical (unpaired) electrons. The number of aromatic amines is 1. The Kier molecular flexibility index (Phi) is 8.42. The number of likely N-dealkylation sites (tertiary alicyclic amines) is 1. The third-order valence-electron chi connectivity index (χ3n) is 10.2. The number of nitrogens with zero attached hydrogens (tertiary/aromatic N) is 3. The highest BCUT2D eigenvalue weighted by Crippen LogP contribution is 2.64. The maximum atomic E-state index is 13.9. The van der Waals surface area contributed by atoms with Crippen LogP contribution in [0.2, 0.25) is 0 Å². The average molecular weight is 670 g/mol. The summed E-state index contributed by atoms with van der Waals surface area (Å²) in [6.07, 6.45) is 0.539. The number of piperidine rings is 1. The fourth-order valence-electron chi connectivity index (χ4n) is 7.17. The number of hydrogen-bond acceptors (Lipinski definition) is 7. The van der Waals surface area contributed by atoms with Crippen molar-refractivity contribution in [1.29, 1.82) is 0 Å². The molecule has 0 spiro atoms. The molecule has 3 aromatic heterocycles. The summed E-state index contributed by atoms with van der Waals surface area (Å²) in [5.74, 6) is -1.71. The number of aryl methyl sites for hydroxylation is 1. The van der Waals surface area contributed by atoms with Crippen molar-refractivity contribution in [1.82, 2.24) is 25.2 Å². The molecule has 1 saturated heterocycles. The molecule has 1 unspecified atom stereocenters. The number of pyridine rings is 2. The zero-order valence-electron chi connectivity index (χ0n) is 25.6. The van der Waals surface area contributed by atoms with Gasteiger partial charge in [-0.25, -0.2) is 14.4 Å². The molecule has 0 bridgehead atoms. The first kappa shape index (κ1) is 31.9. The van der Waals surface area contributed by atoms with Gasteiger partial charge in [-0.15, -0.1) is 0 Å². The lowest BCUT2D eigenvalue weighted by Crippen LogP contribution is -2.38. The fourth-order valence-corrected chi connectivity index (χ4v) is 8.01. The number of hydrogen-bond donors (Lipinski definition) is 3. The highest BCUT2D eigenvalue weighted by molar-refractivity contribution is 7.19. The van der Waals surface area contributed by atoms with Gasteiger partial charge >= 0.3 is 6.18 Å². The van der Waals surface area contributed by atoms with Crippen LogP contribution in [0.5, 0.6) is 0 Å². The zero-order chi connectivity index (χ0) is 32.9.